The van der Waals surface area contributed by atoms with Crippen LogP contribution in [0.1, 0.15) is 92.1 Å². The highest BCUT2D eigenvalue weighted by molar-refractivity contribution is 6.06. The van der Waals surface area contributed by atoms with Gasteiger partial charge < -0.3 is 25.4 Å². The number of ether oxygens (including phenoxy) is 1. The Labute approximate surface area is 224 Å². The van der Waals surface area contributed by atoms with E-state index in [0.29, 0.717) is 35.4 Å². The molecule has 2 aromatic rings. The molecule has 3 rings (SSSR count). The molecule has 0 radical (unpaired) electrons. The Kier molecular flexibility index (Phi) is 9.39. The van der Waals surface area contributed by atoms with Gasteiger partial charge in [0.15, 0.2) is 0 Å². The Bertz CT molecular complexity index is 1240. The molecule has 7 heteroatoms. The minimum absolute atomic E-state index is 0.0975. The number of anilines is 1. The first-order valence-electron chi connectivity index (χ1n) is 13.1. The van der Waals surface area contributed by atoms with E-state index in [4.69, 9.17) is 9.84 Å². The van der Waals surface area contributed by atoms with E-state index < -0.39 is 23.6 Å². The second kappa shape index (κ2) is 12.3. The summed E-state index contributed by atoms with van der Waals surface area (Å²) in [5.41, 5.74) is 3.72. The van der Waals surface area contributed by atoms with E-state index >= 15 is 0 Å². The number of aromatic carboxylic acids is 1. The Morgan fingerprint density at radius 1 is 1.13 bits per heavy atom. The van der Waals surface area contributed by atoms with Gasteiger partial charge in [-0.05, 0) is 90.1 Å². The van der Waals surface area contributed by atoms with Crippen LogP contribution in [0.25, 0.3) is 0 Å². The summed E-state index contributed by atoms with van der Waals surface area (Å²) in [7, 11) is 0. The number of aliphatic hydroxyl groups is 1. The number of carboxylic acids is 1. The zero-order valence-electron chi connectivity index (χ0n) is 22.9. The highest BCUT2D eigenvalue weighted by Gasteiger charge is 2.42. The molecule has 0 fully saturated rings. The number of phenolic OH excluding ortho intramolecular Hbond substituents is 1. The maximum absolute atomic E-state index is 13.2. The lowest BCUT2D eigenvalue weighted by molar-refractivity contribution is -0.0598. The van der Waals surface area contributed by atoms with Crippen LogP contribution in [0.2, 0.25) is 0 Å². The van der Waals surface area contributed by atoms with E-state index in [1.54, 1.807) is 0 Å². The molecule has 0 aromatic heterocycles. The van der Waals surface area contributed by atoms with E-state index in [1.165, 1.54) is 41.5 Å². The highest BCUT2D eigenvalue weighted by Crippen LogP contribution is 2.44. The predicted molar refractivity (Wildman–Crippen MR) is 149 cm³/mol. The maximum Gasteiger partial charge on any atom is 0.335 e. The van der Waals surface area contributed by atoms with E-state index in [-0.39, 0.29) is 23.3 Å². The first-order chi connectivity index (χ1) is 17.9. The van der Waals surface area contributed by atoms with Crippen LogP contribution in [0, 0.1) is 0 Å². The topological polar surface area (TPSA) is 116 Å². The summed E-state index contributed by atoms with van der Waals surface area (Å²) < 4.78 is 6.42. The molecule has 204 valence electrons. The summed E-state index contributed by atoms with van der Waals surface area (Å²) in [5.74, 6) is -1.13. The number of rotatable bonds is 10. The predicted octanol–water partition coefficient (Wildman–Crippen LogP) is 6.43. The Morgan fingerprint density at radius 3 is 2.42 bits per heavy atom. The minimum atomic E-state index is -1.05. The quantitative estimate of drug-likeness (QED) is 0.268. The molecule has 0 aliphatic carbocycles. The van der Waals surface area contributed by atoms with Crippen LogP contribution in [-0.4, -0.2) is 38.9 Å². The fourth-order valence-electron chi connectivity index (χ4n) is 4.72. The average molecular weight is 522 g/mol. The molecular weight excluding hydrogens is 482 g/mol. The summed E-state index contributed by atoms with van der Waals surface area (Å²) in [5, 5.41) is 33.6. The van der Waals surface area contributed by atoms with E-state index in [0.717, 1.165) is 19.3 Å². The van der Waals surface area contributed by atoms with Crippen molar-refractivity contribution in [2.75, 3.05) is 5.32 Å². The third kappa shape index (κ3) is 6.84. The summed E-state index contributed by atoms with van der Waals surface area (Å²) >= 11 is 0. The van der Waals surface area contributed by atoms with Crippen molar-refractivity contribution < 1.29 is 29.6 Å². The fraction of sp³-hybridized carbons (Fsp3) is 0.419. The molecule has 1 heterocycles. The summed E-state index contributed by atoms with van der Waals surface area (Å²) in [4.78, 5) is 24.3. The van der Waals surface area contributed by atoms with E-state index in [2.05, 4.69) is 38.2 Å². The number of aliphatic hydroxyl groups excluding tert-OH is 1. The lowest BCUT2D eigenvalue weighted by Gasteiger charge is -2.41. The lowest BCUT2D eigenvalue weighted by atomic mass is 9.83. The van der Waals surface area contributed by atoms with Gasteiger partial charge in [-0.15, -0.1) is 0 Å². The van der Waals surface area contributed by atoms with Gasteiger partial charge in [-0.3, -0.25) is 4.79 Å². The molecule has 7 nitrogen and oxygen atoms in total. The van der Waals surface area contributed by atoms with Crippen LogP contribution < -0.4 is 10.1 Å². The third-order valence-corrected chi connectivity index (χ3v) is 7.11. The average Bonchev–Trinajstić information content (AvgIpc) is 2.85. The third-order valence-electron chi connectivity index (χ3n) is 7.11. The highest BCUT2D eigenvalue weighted by atomic mass is 16.5. The van der Waals surface area contributed by atoms with Crippen molar-refractivity contribution in [1.29, 1.82) is 0 Å². The monoisotopic (exact) mass is 521 g/mol. The molecular formula is C31H39NO6. The number of amides is 1. The van der Waals surface area contributed by atoms with Crippen LogP contribution >= 0.6 is 0 Å². The molecule has 0 saturated carbocycles. The molecule has 0 bridgehead atoms. The van der Waals surface area contributed by atoms with E-state index in [9.17, 15) is 19.8 Å². The fourth-order valence-corrected chi connectivity index (χ4v) is 4.72. The molecule has 38 heavy (non-hydrogen) atoms. The molecule has 4 N–H and O–H groups in total. The van der Waals surface area contributed by atoms with Crippen molar-refractivity contribution in [1.82, 2.24) is 0 Å². The SMILES string of the molecule is CCc1c(C(=O)Nc2ccc(C(=O)O)cc2)cc(O)c2c1OC(C)(CC/C=C(\C)CCC=C(C)C)C(O)C2. The van der Waals surface area contributed by atoms with Crippen LogP contribution in [0.5, 0.6) is 11.5 Å². The molecule has 2 unspecified atom stereocenters. The molecule has 1 amide bonds. The van der Waals surface area contributed by atoms with Crippen molar-refractivity contribution in [3.05, 3.63) is 75.9 Å². The van der Waals surface area contributed by atoms with Crippen molar-refractivity contribution in [3.63, 3.8) is 0 Å². The van der Waals surface area contributed by atoms with Crippen molar-refractivity contribution in [2.45, 2.75) is 84.8 Å². The summed E-state index contributed by atoms with van der Waals surface area (Å²) in [6.07, 6.45) is 7.63. The second-order valence-corrected chi connectivity index (χ2v) is 10.5. The number of aromatic hydroxyl groups is 1. The number of fused-ring (bicyclic) bond motifs is 1. The number of phenols is 1. The zero-order valence-corrected chi connectivity index (χ0v) is 22.9. The van der Waals surface area contributed by atoms with Gasteiger partial charge in [0.05, 0.1) is 17.2 Å². The Hall–Kier alpha value is -3.58. The second-order valence-electron chi connectivity index (χ2n) is 10.5. The molecule has 1 aliphatic heterocycles. The maximum atomic E-state index is 13.2. The van der Waals surface area contributed by atoms with Crippen LogP contribution in [0.15, 0.2) is 53.6 Å². The van der Waals surface area contributed by atoms with Crippen LogP contribution in [0.3, 0.4) is 0 Å². The Balaban J connectivity index is 1.82. The Morgan fingerprint density at radius 2 is 1.82 bits per heavy atom. The molecule has 0 saturated heterocycles. The largest absolute Gasteiger partial charge is 0.508 e. The van der Waals surface area contributed by atoms with E-state index in [1.807, 2.05) is 13.8 Å². The van der Waals surface area contributed by atoms with Gasteiger partial charge in [0.25, 0.3) is 5.91 Å². The molecule has 1 aliphatic rings. The number of hydrogen-bond donors (Lipinski definition) is 4. The molecule has 2 atom stereocenters. The van der Waals surface area contributed by atoms with Crippen molar-refractivity contribution in [2.24, 2.45) is 0 Å². The van der Waals surface area contributed by atoms with Gasteiger partial charge in [-0.1, -0.05) is 30.2 Å². The summed E-state index contributed by atoms with van der Waals surface area (Å²) in [6, 6.07) is 7.28. The standard InChI is InChI=1S/C31H39NO6/c1-6-23-24(29(35)32-22-14-12-21(13-15-22)30(36)37)17-26(33)25-18-27(34)31(5,38-28(23)25)16-8-11-20(4)10-7-9-19(2)3/h9,11-15,17,27,33-34H,6-8,10,16,18H2,1-5H3,(H,32,35)(H,36,37)/b20-11+. The van der Waals surface area contributed by atoms with Gasteiger partial charge >= 0.3 is 5.97 Å². The van der Waals surface area contributed by atoms with Gasteiger partial charge in [-0.2, -0.15) is 0 Å². The van der Waals surface area contributed by atoms with Crippen molar-refractivity contribution in [3.8, 4) is 11.5 Å². The normalized spacial score (nSPS) is 18.8. The zero-order chi connectivity index (χ0) is 28.0. The first-order valence-corrected chi connectivity index (χ1v) is 13.1. The van der Waals surface area contributed by atoms with Gasteiger partial charge in [0, 0.05) is 23.2 Å². The number of carboxylic acid groups (broad SMARTS) is 1. The van der Waals surface area contributed by atoms with Crippen LogP contribution in [0.4, 0.5) is 5.69 Å². The van der Waals surface area contributed by atoms with Crippen molar-refractivity contribution >= 4 is 17.6 Å². The summed E-state index contributed by atoms with van der Waals surface area (Å²) in [6.45, 7) is 10.1. The van der Waals surface area contributed by atoms with Gasteiger partial charge in [0.1, 0.15) is 17.1 Å². The number of hydrogen-bond acceptors (Lipinski definition) is 5. The van der Waals surface area contributed by atoms with Crippen LogP contribution in [-0.2, 0) is 12.8 Å². The number of benzene rings is 2. The number of nitrogens with one attached hydrogen (secondary N) is 1. The minimum Gasteiger partial charge on any atom is -0.508 e. The molecule has 0 spiro atoms. The first kappa shape index (κ1) is 29.0. The number of allylic oxidation sites excluding steroid dienone is 4. The van der Waals surface area contributed by atoms with Gasteiger partial charge in [-0.25, -0.2) is 4.79 Å². The smallest absolute Gasteiger partial charge is 0.335 e. The van der Waals surface area contributed by atoms with Gasteiger partial charge in [0.2, 0.25) is 0 Å². The number of carbonyl (C=O) groups excluding carboxylic acids is 1. The lowest BCUT2D eigenvalue weighted by Crippen LogP contribution is -2.49. The number of carbonyl (C=O) groups is 2. The molecule has 2 aromatic carbocycles.